The molecule has 1 aromatic rings. The van der Waals surface area contributed by atoms with Crippen LogP contribution in [0.25, 0.3) is 0 Å². The second-order valence-corrected chi connectivity index (χ2v) is 5.88. The van der Waals surface area contributed by atoms with Gasteiger partial charge in [0.2, 0.25) is 0 Å². The highest BCUT2D eigenvalue weighted by molar-refractivity contribution is 5.95. The van der Waals surface area contributed by atoms with Crippen LogP contribution in [0.5, 0.6) is 0 Å². The molecule has 2 fully saturated rings. The monoisotopic (exact) mass is 274 g/mol. The van der Waals surface area contributed by atoms with Crippen LogP contribution in [0.1, 0.15) is 41.7 Å². The average molecular weight is 274 g/mol. The van der Waals surface area contributed by atoms with Gasteiger partial charge < -0.3 is 16.0 Å². The molecule has 2 aliphatic rings. The summed E-state index contributed by atoms with van der Waals surface area (Å²) in [6.45, 7) is 3.49. The molecule has 1 amide bonds. The lowest BCUT2D eigenvalue weighted by Gasteiger charge is -2.32. The van der Waals surface area contributed by atoms with Crippen molar-refractivity contribution < 1.29 is 4.79 Å². The number of hydrogen-bond acceptors (Lipinski definition) is 4. The number of carbonyl (C=O) groups is 1. The number of aromatic nitrogens is 1. The summed E-state index contributed by atoms with van der Waals surface area (Å²) in [6.07, 6.45) is 4.72. The second-order valence-electron chi connectivity index (χ2n) is 5.88. The van der Waals surface area contributed by atoms with Crippen molar-refractivity contribution in [3.63, 3.8) is 0 Å². The third-order valence-corrected chi connectivity index (χ3v) is 4.17. The first kappa shape index (κ1) is 13.4. The van der Waals surface area contributed by atoms with E-state index in [4.69, 9.17) is 5.73 Å². The van der Waals surface area contributed by atoms with Crippen molar-refractivity contribution in [3.05, 3.63) is 23.4 Å². The fourth-order valence-electron chi connectivity index (χ4n) is 2.81. The first-order valence-corrected chi connectivity index (χ1v) is 7.42. The zero-order valence-corrected chi connectivity index (χ0v) is 11.9. The van der Waals surface area contributed by atoms with Crippen LogP contribution in [-0.4, -0.2) is 41.0 Å². The van der Waals surface area contributed by atoms with Gasteiger partial charge in [0.1, 0.15) is 5.82 Å². The van der Waals surface area contributed by atoms with Gasteiger partial charge in [-0.25, -0.2) is 4.98 Å². The third kappa shape index (κ3) is 2.93. The van der Waals surface area contributed by atoms with Crippen molar-refractivity contribution >= 4 is 11.7 Å². The summed E-state index contributed by atoms with van der Waals surface area (Å²) in [4.78, 5) is 18.6. The van der Waals surface area contributed by atoms with Crippen molar-refractivity contribution in [1.29, 1.82) is 0 Å². The number of rotatable bonds is 3. The van der Waals surface area contributed by atoms with E-state index in [-0.39, 0.29) is 5.91 Å². The zero-order valence-electron chi connectivity index (χ0n) is 11.9. The molecule has 1 saturated heterocycles. The lowest BCUT2D eigenvalue weighted by molar-refractivity contribution is 0.0703. The minimum atomic E-state index is 0.0832. The number of hydrogen-bond donors (Lipinski definition) is 2. The first-order valence-electron chi connectivity index (χ1n) is 7.42. The molecule has 1 saturated carbocycles. The molecule has 1 aliphatic heterocycles. The maximum absolute atomic E-state index is 12.5. The maximum Gasteiger partial charge on any atom is 0.255 e. The summed E-state index contributed by atoms with van der Waals surface area (Å²) in [5.41, 5.74) is 7.02. The van der Waals surface area contributed by atoms with E-state index in [1.54, 1.807) is 12.1 Å². The number of nitrogens with two attached hydrogens (primary N) is 1. The van der Waals surface area contributed by atoms with Crippen LogP contribution >= 0.6 is 0 Å². The average Bonchev–Trinajstić information content (AvgIpc) is 3.23. The number of likely N-dealkylation sites (tertiary alicyclic amines) is 1. The Morgan fingerprint density at radius 2 is 1.90 bits per heavy atom. The van der Waals surface area contributed by atoms with E-state index in [9.17, 15) is 4.79 Å². The van der Waals surface area contributed by atoms with Gasteiger partial charge in [-0.1, -0.05) is 0 Å². The fourth-order valence-corrected chi connectivity index (χ4v) is 2.81. The number of nitrogens with zero attached hydrogens (tertiary/aromatic N) is 2. The highest BCUT2D eigenvalue weighted by Gasteiger charge is 2.29. The van der Waals surface area contributed by atoms with E-state index in [1.165, 1.54) is 12.8 Å². The summed E-state index contributed by atoms with van der Waals surface area (Å²) in [7, 11) is 0. The van der Waals surface area contributed by atoms with E-state index < -0.39 is 0 Å². The number of aryl methyl sites for hydroxylation is 1. The van der Waals surface area contributed by atoms with Crippen LogP contribution in [-0.2, 0) is 0 Å². The van der Waals surface area contributed by atoms with Crippen LogP contribution in [0.4, 0.5) is 5.82 Å². The minimum absolute atomic E-state index is 0.0832. The Labute approximate surface area is 119 Å². The third-order valence-electron chi connectivity index (χ3n) is 4.17. The second kappa shape index (κ2) is 5.40. The van der Waals surface area contributed by atoms with Crippen molar-refractivity contribution in [2.24, 2.45) is 0 Å². The summed E-state index contributed by atoms with van der Waals surface area (Å²) < 4.78 is 0. The van der Waals surface area contributed by atoms with Gasteiger partial charge in [-0.2, -0.15) is 0 Å². The van der Waals surface area contributed by atoms with Gasteiger partial charge in [0.05, 0.1) is 11.3 Å². The Kier molecular flexibility index (Phi) is 3.61. The quantitative estimate of drug-likeness (QED) is 0.872. The molecule has 0 unspecified atom stereocenters. The van der Waals surface area contributed by atoms with Gasteiger partial charge in [-0.05, 0) is 44.7 Å². The number of nitrogen functional groups attached to an aromatic ring is 1. The van der Waals surface area contributed by atoms with Crippen LogP contribution in [0.3, 0.4) is 0 Å². The highest BCUT2D eigenvalue weighted by Crippen LogP contribution is 2.23. The molecule has 5 nitrogen and oxygen atoms in total. The van der Waals surface area contributed by atoms with Crippen LogP contribution < -0.4 is 11.1 Å². The molecule has 5 heteroatoms. The van der Waals surface area contributed by atoms with Crippen molar-refractivity contribution in [1.82, 2.24) is 15.2 Å². The first-order chi connectivity index (χ1) is 9.63. The lowest BCUT2D eigenvalue weighted by Crippen LogP contribution is -2.45. The van der Waals surface area contributed by atoms with Crippen LogP contribution in [0, 0.1) is 6.92 Å². The smallest absolute Gasteiger partial charge is 0.255 e. The van der Waals surface area contributed by atoms with Crippen molar-refractivity contribution in [3.8, 4) is 0 Å². The van der Waals surface area contributed by atoms with Gasteiger partial charge in [-0.15, -0.1) is 0 Å². The largest absolute Gasteiger partial charge is 0.384 e. The summed E-state index contributed by atoms with van der Waals surface area (Å²) in [5, 5.41) is 3.64. The fraction of sp³-hybridized carbons (Fsp3) is 0.600. The standard InChI is InChI=1S/C15H22N4O/c1-10-13(4-5-14(16)17-10)15(20)19-8-6-12(7-9-19)18-11-2-3-11/h4-5,11-12,18H,2-3,6-9H2,1H3,(H2,16,17). The molecule has 0 bridgehead atoms. The molecule has 3 rings (SSSR count). The number of piperidine rings is 1. The number of pyridine rings is 1. The molecular formula is C15H22N4O. The molecule has 108 valence electrons. The van der Waals surface area contributed by atoms with Crippen molar-refractivity contribution in [2.75, 3.05) is 18.8 Å². The van der Waals surface area contributed by atoms with Gasteiger partial charge in [-0.3, -0.25) is 4.79 Å². The van der Waals surface area contributed by atoms with E-state index in [0.717, 1.165) is 32.0 Å². The normalized spacial score (nSPS) is 20.1. The molecule has 0 atom stereocenters. The number of nitrogens with one attached hydrogen (secondary N) is 1. The molecule has 20 heavy (non-hydrogen) atoms. The molecule has 0 radical (unpaired) electrons. The zero-order chi connectivity index (χ0) is 14.1. The van der Waals surface area contributed by atoms with Gasteiger partial charge in [0.25, 0.3) is 5.91 Å². The van der Waals surface area contributed by atoms with Gasteiger partial charge in [0.15, 0.2) is 0 Å². The van der Waals surface area contributed by atoms with E-state index in [1.807, 2.05) is 11.8 Å². The number of carbonyl (C=O) groups excluding carboxylic acids is 1. The van der Waals surface area contributed by atoms with E-state index in [2.05, 4.69) is 10.3 Å². The molecule has 1 aromatic heterocycles. The predicted octanol–water partition coefficient (Wildman–Crippen LogP) is 1.33. The maximum atomic E-state index is 12.5. The Morgan fingerprint density at radius 1 is 1.25 bits per heavy atom. The van der Waals surface area contributed by atoms with Crippen molar-refractivity contribution in [2.45, 2.75) is 44.7 Å². The van der Waals surface area contributed by atoms with E-state index in [0.29, 0.717) is 23.1 Å². The predicted molar refractivity (Wildman–Crippen MR) is 78.5 cm³/mol. The van der Waals surface area contributed by atoms with Crippen LogP contribution in [0.15, 0.2) is 12.1 Å². The number of anilines is 1. The lowest BCUT2D eigenvalue weighted by atomic mass is 10.0. The number of amides is 1. The highest BCUT2D eigenvalue weighted by atomic mass is 16.2. The molecule has 1 aliphatic carbocycles. The minimum Gasteiger partial charge on any atom is -0.384 e. The molecule has 3 N–H and O–H groups in total. The molecule has 0 aromatic carbocycles. The SMILES string of the molecule is Cc1nc(N)ccc1C(=O)N1CCC(NC2CC2)CC1. The topological polar surface area (TPSA) is 71.2 Å². The summed E-state index contributed by atoms with van der Waals surface area (Å²) in [5.74, 6) is 0.547. The Bertz CT molecular complexity index is 505. The van der Waals surface area contributed by atoms with Gasteiger partial charge >= 0.3 is 0 Å². The Morgan fingerprint density at radius 3 is 2.50 bits per heavy atom. The summed E-state index contributed by atoms with van der Waals surface area (Å²) >= 11 is 0. The Hall–Kier alpha value is -1.62. The summed E-state index contributed by atoms with van der Waals surface area (Å²) in [6, 6.07) is 4.80. The van der Waals surface area contributed by atoms with Gasteiger partial charge in [0, 0.05) is 25.2 Å². The van der Waals surface area contributed by atoms with E-state index >= 15 is 0 Å². The van der Waals surface area contributed by atoms with Crippen LogP contribution in [0.2, 0.25) is 0 Å². The molecule has 0 spiro atoms. The Balaban J connectivity index is 1.60. The molecular weight excluding hydrogens is 252 g/mol. The molecule has 2 heterocycles.